The molecule has 0 saturated carbocycles. The Kier molecular flexibility index (Phi) is 4.06. The third-order valence-corrected chi connectivity index (χ3v) is 3.02. The van der Waals surface area contributed by atoms with E-state index in [0.717, 1.165) is 12.3 Å². The largest absolute Gasteiger partial charge is 0.387 e. The van der Waals surface area contributed by atoms with Gasteiger partial charge in [0.2, 0.25) is 0 Å². The van der Waals surface area contributed by atoms with Crippen molar-refractivity contribution < 1.29 is 20.1 Å². The first kappa shape index (κ1) is 14.5. The minimum Gasteiger partial charge on any atom is -0.387 e. The molecular weight excluding hydrogens is 268 g/mol. The summed E-state index contributed by atoms with van der Waals surface area (Å²) in [5, 5.41) is 29.4. The number of aromatic nitrogens is 2. The van der Waals surface area contributed by atoms with Crippen molar-refractivity contribution in [1.82, 2.24) is 9.55 Å². The van der Waals surface area contributed by atoms with E-state index in [-0.39, 0.29) is 0 Å². The van der Waals surface area contributed by atoms with Crippen molar-refractivity contribution in [2.45, 2.75) is 37.6 Å². The maximum Gasteiger partial charge on any atom is 0.330 e. The van der Waals surface area contributed by atoms with Crippen LogP contribution in [0.25, 0.3) is 0 Å². The predicted octanol–water partition coefficient (Wildman–Crippen LogP) is -2.46. The van der Waals surface area contributed by atoms with Gasteiger partial charge in [-0.15, -0.1) is 5.92 Å². The molecule has 1 aromatic rings. The Morgan fingerprint density at radius 2 is 2.10 bits per heavy atom. The fourth-order valence-corrected chi connectivity index (χ4v) is 2.06. The highest BCUT2D eigenvalue weighted by Gasteiger charge is 2.47. The molecule has 0 aliphatic carbocycles. The molecule has 1 aromatic heterocycles. The van der Waals surface area contributed by atoms with Crippen LogP contribution in [0.1, 0.15) is 13.2 Å². The molecule has 0 radical (unpaired) electrons. The summed E-state index contributed by atoms with van der Waals surface area (Å²) in [6.45, 7) is 1.49. The van der Waals surface area contributed by atoms with Gasteiger partial charge in [0.05, 0.1) is 0 Å². The summed E-state index contributed by atoms with van der Waals surface area (Å²) in [5.41, 5.74) is -1.48. The lowest BCUT2D eigenvalue weighted by atomic mass is 10.1. The fraction of sp³-hybridized carbons (Fsp3) is 0.500. The Labute approximate surface area is 113 Å². The number of H-pyrrole nitrogens is 1. The van der Waals surface area contributed by atoms with E-state index < -0.39 is 41.9 Å². The number of aromatic amines is 1. The number of aliphatic hydroxyl groups is 3. The number of rotatable bonds is 2. The van der Waals surface area contributed by atoms with Gasteiger partial charge in [-0.2, -0.15) is 0 Å². The van der Waals surface area contributed by atoms with Crippen LogP contribution in [0.4, 0.5) is 0 Å². The molecule has 1 aliphatic rings. The zero-order valence-electron chi connectivity index (χ0n) is 10.6. The number of hydrogen-bond acceptors (Lipinski definition) is 6. The lowest BCUT2D eigenvalue weighted by molar-refractivity contribution is -0.0716. The Morgan fingerprint density at radius 3 is 2.70 bits per heavy atom. The van der Waals surface area contributed by atoms with E-state index in [1.807, 2.05) is 0 Å². The van der Waals surface area contributed by atoms with E-state index in [0.29, 0.717) is 4.57 Å². The third kappa shape index (κ3) is 2.39. The van der Waals surface area contributed by atoms with Gasteiger partial charge in [-0.25, -0.2) is 9.36 Å². The average Bonchev–Trinajstić information content (AvgIpc) is 2.68. The molecule has 1 fully saturated rings. The first-order valence-electron chi connectivity index (χ1n) is 5.89. The van der Waals surface area contributed by atoms with Crippen LogP contribution in [0.5, 0.6) is 0 Å². The summed E-state index contributed by atoms with van der Waals surface area (Å²) in [5.74, 6) is 4.82. The van der Waals surface area contributed by atoms with Gasteiger partial charge in [0, 0.05) is 12.3 Å². The molecular formula is C12H14N2O6. The van der Waals surface area contributed by atoms with Crippen LogP contribution in [0.2, 0.25) is 0 Å². The zero-order chi connectivity index (χ0) is 14.9. The second-order valence-corrected chi connectivity index (χ2v) is 4.30. The van der Waals surface area contributed by atoms with Crippen molar-refractivity contribution in [3.8, 4) is 11.8 Å². The summed E-state index contributed by atoms with van der Waals surface area (Å²) < 4.78 is 5.88. The first-order valence-corrected chi connectivity index (χ1v) is 5.89. The summed E-state index contributed by atoms with van der Waals surface area (Å²) >= 11 is 0. The molecule has 2 heterocycles. The molecule has 0 amide bonds. The second kappa shape index (κ2) is 5.60. The second-order valence-electron chi connectivity index (χ2n) is 4.30. The van der Waals surface area contributed by atoms with Gasteiger partial charge in [-0.05, 0) is 6.92 Å². The molecule has 1 saturated heterocycles. The standard InChI is InChI=1S/C12H14N2O6/c1-2-3-6(15)10-8(17)9(18)11(20-10)14-7(16)4-5-13-12(14)19/h4-6,8-11,15,17-18H,1H3,(H,13,19)/t6?,8-,9-,10+,11?/m1/s1. The molecule has 0 bridgehead atoms. The number of nitrogens with one attached hydrogen (secondary N) is 1. The van der Waals surface area contributed by atoms with Gasteiger partial charge in [0.15, 0.2) is 6.23 Å². The molecule has 8 heteroatoms. The molecule has 20 heavy (non-hydrogen) atoms. The third-order valence-electron chi connectivity index (χ3n) is 3.02. The van der Waals surface area contributed by atoms with E-state index in [2.05, 4.69) is 16.8 Å². The Bertz CT molecular complexity index is 626. The smallest absolute Gasteiger partial charge is 0.330 e. The van der Waals surface area contributed by atoms with Crippen LogP contribution in [-0.4, -0.2) is 49.3 Å². The van der Waals surface area contributed by atoms with Gasteiger partial charge in [-0.3, -0.25) is 4.79 Å². The van der Waals surface area contributed by atoms with Gasteiger partial charge >= 0.3 is 5.69 Å². The van der Waals surface area contributed by atoms with Crippen LogP contribution in [0.15, 0.2) is 21.9 Å². The SMILES string of the molecule is CC#CC(O)[C@@H]1OC(n2c(=O)cc[nH]c2=O)[C@H](O)[C@H]1O. The van der Waals surface area contributed by atoms with E-state index in [9.17, 15) is 24.9 Å². The molecule has 8 nitrogen and oxygen atoms in total. The van der Waals surface area contributed by atoms with Gasteiger partial charge in [0.25, 0.3) is 5.56 Å². The lowest BCUT2D eigenvalue weighted by Crippen LogP contribution is -2.42. The summed E-state index contributed by atoms with van der Waals surface area (Å²) in [6, 6.07) is 1.08. The van der Waals surface area contributed by atoms with Crippen LogP contribution in [0.3, 0.4) is 0 Å². The number of nitrogens with zero attached hydrogens (tertiary/aromatic N) is 1. The van der Waals surface area contributed by atoms with Crippen molar-refractivity contribution in [3.63, 3.8) is 0 Å². The van der Waals surface area contributed by atoms with E-state index in [4.69, 9.17) is 4.74 Å². The van der Waals surface area contributed by atoms with Crippen LogP contribution in [-0.2, 0) is 4.74 Å². The number of hydrogen-bond donors (Lipinski definition) is 4. The van der Waals surface area contributed by atoms with E-state index in [1.54, 1.807) is 0 Å². The van der Waals surface area contributed by atoms with Crippen molar-refractivity contribution in [3.05, 3.63) is 33.1 Å². The molecule has 1 aliphatic heterocycles. The molecule has 2 unspecified atom stereocenters. The van der Waals surface area contributed by atoms with Crippen molar-refractivity contribution >= 4 is 0 Å². The van der Waals surface area contributed by atoms with E-state index in [1.165, 1.54) is 6.92 Å². The number of aliphatic hydroxyl groups excluding tert-OH is 3. The topological polar surface area (TPSA) is 125 Å². The molecule has 2 rings (SSSR count). The first-order chi connectivity index (χ1) is 9.47. The van der Waals surface area contributed by atoms with E-state index >= 15 is 0 Å². The van der Waals surface area contributed by atoms with Crippen molar-refractivity contribution in [1.29, 1.82) is 0 Å². The zero-order valence-corrected chi connectivity index (χ0v) is 10.6. The average molecular weight is 282 g/mol. The van der Waals surface area contributed by atoms with Crippen LogP contribution in [0, 0.1) is 11.8 Å². The molecule has 5 atom stereocenters. The normalized spacial score (nSPS) is 30.6. The summed E-state index contributed by atoms with van der Waals surface area (Å²) in [6.07, 6.45) is -5.78. The van der Waals surface area contributed by atoms with Crippen LogP contribution >= 0.6 is 0 Å². The quantitative estimate of drug-likeness (QED) is 0.446. The maximum atomic E-state index is 11.7. The summed E-state index contributed by atoms with van der Waals surface area (Å²) in [7, 11) is 0. The highest BCUT2D eigenvalue weighted by atomic mass is 16.6. The van der Waals surface area contributed by atoms with Crippen molar-refractivity contribution in [2.24, 2.45) is 0 Å². The Balaban J connectivity index is 2.38. The molecule has 0 aromatic carbocycles. The minimum atomic E-state index is -1.53. The summed E-state index contributed by atoms with van der Waals surface area (Å²) in [4.78, 5) is 25.6. The molecule has 108 valence electrons. The molecule has 4 N–H and O–H groups in total. The van der Waals surface area contributed by atoms with Gasteiger partial charge < -0.3 is 25.0 Å². The highest BCUT2D eigenvalue weighted by molar-refractivity contribution is 5.09. The monoisotopic (exact) mass is 282 g/mol. The fourth-order valence-electron chi connectivity index (χ4n) is 2.06. The van der Waals surface area contributed by atoms with Gasteiger partial charge in [-0.1, -0.05) is 5.92 Å². The lowest BCUT2D eigenvalue weighted by Gasteiger charge is -2.16. The van der Waals surface area contributed by atoms with Gasteiger partial charge in [0.1, 0.15) is 24.4 Å². The van der Waals surface area contributed by atoms with Crippen molar-refractivity contribution in [2.75, 3.05) is 0 Å². The Morgan fingerprint density at radius 1 is 1.40 bits per heavy atom. The highest BCUT2D eigenvalue weighted by Crippen LogP contribution is 2.29. The molecule has 0 spiro atoms. The Hall–Kier alpha value is -1.92. The predicted molar refractivity (Wildman–Crippen MR) is 66.7 cm³/mol. The minimum absolute atomic E-state index is 0.639. The number of ether oxygens (including phenoxy) is 1. The maximum absolute atomic E-state index is 11.7. The van der Waals surface area contributed by atoms with Crippen LogP contribution < -0.4 is 11.2 Å².